The van der Waals surface area contributed by atoms with Crippen molar-refractivity contribution in [3.8, 4) is 0 Å². The first-order chi connectivity index (χ1) is 8.84. The van der Waals surface area contributed by atoms with Gasteiger partial charge in [0, 0.05) is 24.4 Å². The zero-order valence-corrected chi connectivity index (χ0v) is 13.4. The molecule has 0 saturated carbocycles. The fourth-order valence-corrected chi connectivity index (χ4v) is 4.56. The van der Waals surface area contributed by atoms with Gasteiger partial charge in [-0.05, 0) is 34.5 Å². The van der Waals surface area contributed by atoms with Gasteiger partial charge in [0.15, 0.2) is 0 Å². The molecule has 0 radical (unpaired) electrons. The van der Waals surface area contributed by atoms with Crippen LogP contribution < -0.4 is 5.73 Å². The lowest BCUT2D eigenvalue weighted by atomic mass is 10.3. The number of benzene rings is 1. The standard InChI is InChI=1S/C11H14BrClN2O3S/c1-15(8-2-3-18-6-8)19(16,17)10-5-7(13)4-9(14)11(10)12/h4-5,8H,2-3,6,14H2,1H3. The van der Waals surface area contributed by atoms with Crippen LogP contribution in [-0.4, -0.2) is 39.0 Å². The molecule has 1 saturated heterocycles. The quantitative estimate of drug-likeness (QED) is 0.828. The summed E-state index contributed by atoms with van der Waals surface area (Å²) in [4.78, 5) is 0.0758. The maximum Gasteiger partial charge on any atom is 0.244 e. The molecule has 0 aromatic heterocycles. The summed E-state index contributed by atoms with van der Waals surface area (Å²) in [5.41, 5.74) is 6.03. The first kappa shape index (κ1) is 15.1. The number of hydrogen-bond donors (Lipinski definition) is 1. The van der Waals surface area contributed by atoms with Gasteiger partial charge in [-0.2, -0.15) is 4.31 Å². The molecule has 0 bridgehead atoms. The first-order valence-corrected chi connectivity index (χ1v) is 8.25. The number of nitrogens with zero attached hydrogens (tertiary/aromatic N) is 1. The third-order valence-electron chi connectivity index (χ3n) is 3.11. The molecule has 19 heavy (non-hydrogen) atoms. The number of hydrogen-bond acceptors (Lipinski definition) is 4. The molecular formula is C11H14BrClN2O3S. The second-order valence-electron chi connectivity index (χ2n) is 4.35. The van der Waals surface area contributed by atoms with Gasteiger partial charge in [0.2, 0.25) is 10.0 Å². The van der Waals surface area contributed by atoms with Crippen LogP contribution in [0.25, 0.3) is 0 Å². The van der Waals surface area contributed by atoms with E-state index >= 15 is 0 Å². The van der Waals surface area contributed by atoms with Crippen LogP contribution in [0.1, 0.15) is 6.42 Å². The Hall–Kier alpha value is -0.340. The molecule has 106 valence electrons. The van der Waals surface area contributed by atoms with Crippen molar-refractivity contribution < 1.29 is 13.2 Å². The highest BCUT2D eigenvalue weighted by molar-refractivity contribution is 9.10. The Morgan fingerprint density at radius 3 is 2.79 bits per heavy atom. The second-order valence-corrected chi connectivity index (χ2v) is 7.54. The van der Waals surface area contributed by atoms with Crippen LogP contribution >= 0.6 is 27.5 Å². The number of halogens is 2. The van der Waals surface area contributed by atoms with Gasteiger partial charge in [-0.25, -0.2) is 8.42 Å². The van der Waals surface area contributed by atoms with E-state index in [4.69, 9.17) is 22.1 Å². The minimum atomic E-state index is -3.66. The monoisotopic (exact) mass is 368 g/mol. The van der Waals surface area contributed by atoms with Crippen molar-refractivity contribution in [2.45, 2.75) is 17.4 Å². The van der Waals surface area contributed by atoms with Crippen molar-refractivity contribution in [1.29, 1.82) is 0 Å². The fourth-order valence-electron chi connectivity index (χ4n) is 1.93. The Labute approximate surface area is 125 Å². The average Bonchev–Trinajstić information content (AvgIpc) is 2.86. The van der Waals surface area contributed by atoms with Gasteiger partial charge in [-0.3, -0.25) is 0 Å². The van der Waals surface area contributed by atoms with E-state index in [1.807, 2.05) is 0 Å². The number of sulfonamides is 1. The minimum absolute atomic E-state index is 0.0758. The van der Waals surface area contributed by atoms with Crippen LogP contribution in [0.3, 0.4) is 0 Å². The molecule has 1 atom stereocenters. The maximum atomic E-state index is 12.6. The summed E-state index contributed by atoms with van der Waals surface area (Å²) in [6, 6.07) is 2.74. The van der Waals surface area contributed by atoms with Crippen molar-refractivity contribution in [3.05, 3.63) is 21.6 Å². The summed E-state index contributed by atoms with van der Waals surface area (Å²) < 4.78 is 32.0. The molecule has 1 unspecified atom stereocenters. The van der Waals surface area contributed by atoms with Gasteiger partial charge in [0.05, 0.1) is 22.0 Å². The molecule has 0 spiro atoms. The average molecular weight is 370 g/mol. The van der Waals surface area contributed by atoms with E-state index in [0.717, 1.165) is 0 Å². The summed E-state index contributed by atoms with van der Waals surface area (Å²) in [6.45, 7) is 0.979. The molecule has 0 amide bonds. The molecule has 1 aromatic carbocycles. The van der Waals surface area contributed by atoms with Gasteiger partial charge in [0.25, 0.3) is 0 Å². The van der Waals surface area contributed by atoms with E-state index in [1.54, 1.807) is 0 Å². The van der Waals surface area contributed by atoms with E-state index in [9.17, 15) is 8.42 Å². The highest BCUT2D eigenvalue weighted by Crippen LogP contribution is 2.34. The van der Waals surface area contributed by atoms with E-state index in [-0.39, 0.29) is 16.0 Å². The molecule has 1 aliphatic heterocycles. The van der Waals surface area contributed by atoms with Crippen LogP contribution in [0.15, 0.2) is 21.5 Å². The Morgan fingerprint density at radius 2 is 2.21 bits per heavy atom. The smallest absolute Gasteiger partial charge is 0.244 e. The molecule has 8 heteroatoms. The zero-order chi connectivity index (χ0) is 14.2. The van der Waals surface area contributed by atoms with E-state index in [1.165, 1.54) is 23.5 Å². The largest absolute Gasteiger partial charge is 0.398 e. The van der Waals surface area contributed by atoms with Gasteiger partial charge in [-0.1, -0.05) is 11.6 Å². The molecule has 2 rings (SSSR count). The molecule has 5 nitrogen and oxygen atoms in total. The SMILES string of the molecule is CN(C1CCOC1)S(=O)(=O)c1cc(Cl)cc(N)c1Br. The summed E-state index contributed by atoms with van der Waals surface area (Å²) in [6.07, 6.45) is 0.684. The lowest BCUT2D eigenvalue weighted by Crippen LogP contribution is -2.37. The number of ether oxygens (including phenoxy) is 1. The fraction of sp³-hybridized carbons (Fsp3) is 0.455. The summed E-state index contributed by atoms with van der Waals surface area (Å²) in [7, 11) is -2.12. The van der Waals surface area contributed by atoms with E-state index in [2.05, 4.69) is 15.9 Å². The second kappa shape index (κ2) is 5.57. The zero-order valence-electron chi connectivity index (χ0n) is 10.3. The Bertz CT molecular complexity index is 588. The van der Waals surface area contributed by atoms with Crippen molar-refractivity contribution in [1.82, 2.24) is 4.31 Å². The molecule has 1 aliphatic rings. The molecule has 0 aliphatic carbocycles. The predicted octanol–water partition coefficient (Wildman–Crippen LogP) is 2.09. The number of nitrogens with two attached hydrogens (primary N) is 1. The highest BCUT2D eigenvalue weighted by Gasteiger charge is 2.32. The maximum absolute atomic E-state index is 12.6. The van der Waals surface area contributed by atoms with Gasteiger partial charge in [0.1, 0.15) is 0 Å². The van der Waals surface area contributed by atoms with Crippen molar-refractivity contribution in [2.75, 3.05) is 26.0 Å². The third-order valence-corrected chi connectivity index (χ3v) is 6.41. The molecular weight excluding hydrogens is 356 g/mol. The number of nitrogen functional groups attached to an aromatic ring is 1. The van der Waals surface area contributed by atoms with Gasteiger partial charge < -0.3 is 10.5 Å². The van der Waals surface area contributed by atoms with Crippen LogP contribution in [0.4, 0.5) is 5.69 Å². The molecule has 1 aromatic rings. The van der Waals surface area contributed by atoms with Crippen LogP contribution in [0.2, 0.25) is 5.02 Å². The van der Waals surface area contributed by atoms with Crippen molar-refractivity contribution >= 4 is 43.2 Å². The number of rotatable bonds is 3. The van der Waals surface area contributed by atoms with Crippen LogP contribution in [-0.2, 0) is 14.8 Å². The van der Waals surface area contributed by atoms with E-state index < -0.39 is 10.0 Å². The van der Waals surface area contributed by atoms with Gasteiger partial charge in [-0.15, -0.1) is 0 Å². The summed E-state index contributed by atoms with van der Waals surface area (Å²) >= 11 is 9.09. The van der Waals surface area contributed by atoms with Crippen molar-refractivity contribution in [3.63, 3.8) is 0 Å². The van der Waals surface area contributed by atoms with Crippen LogP contribution in [0, 0.1) is 0 Å². The minimum Gasteiger partial charge on any atom is -0.398 e. The lowest BCUT2D eigenvalue weighted by molar-refractivity contribution is 0.181. The van der Waals surface area contributed by atoms with Crippen LogP contribution in [0.5, 0.6) is 0 Å². The number of likely N-dealkylation sites (N-methyl/N-ethyl adjacent to an activating group) is 1. The summed E-state index contributed by atoms with van der Waals surface area (Å²) in [5.74, 6) is 0. The molecule has 1 fully saturated rings. The lowest BCUT2D eigenvalue weighted by Gasteiger charge is -2.23. The summed E-state index contributed by atoms with van der Waals surface area (Å²) in [5, 5.41) is 0.287. The number of anilines is 1. The topological polar surface area (TPSA) is 72.6 Å². The third kappa shape index (κ3) is 2.90. The predicted molar refractivity (Wildman–Crippen MR) is 77.7 cm³/mol. The molecule has 1 heterocycles. The molecule has 2 N–H and O–H groups in total. The Balaban J connectivity index is 2.44. The normalized spacial score (nSPS) is 20.1. The van der Waals surface area contributed by atoms with Crippen molar-refractivity contribution in [2.24, 2.45) is 0 Å². The highest BCUT2D eigenvalue weighted by atomic mass is 79.9. The Morgan fingerprint density at radius 1 is 1.53 bits per heavy atom. The van der Waals surface area contributed by atoms with E-state index in [0.29, 0.717) is 29.8 Å². The first-order valence-electron chi connectivity index (χ1n) is 5.64. The Kier molecular flexibility index (Phi) is 4.42. The van der Waals surface area contributed by atoms with Gasteiger partial charge >= 0.3 is 0 Å².